The highest BCUT2D eigenvalue weighted by Crippen LogP contribution is 2.11. The third-order valence-corrected chi connectivity index (χ3v) is 1.93. The van der Waals surface area contributed by atoms with E-state index in [-0.39, 0.29) is 5.91 Å². The van der Waals surface area contributed by atoms with Crippen LogP contribution in [0.1, 0.15) is 19.4 Å². The minimum atomic E-state index is -0.720. The number of hydrogen-bond acceptors (Lipinski definition) is 3. The average molecular weight is 234 g/mol. The zero-order valence-electron chi connectivity index (χ0n) is 9.65. The lowest BCUT2D eigenvalue weighted by molar-refractivity contribution is -0.114. The van der Waals surface area contributed by atoms with Crippen LogP contribution in [0.15, 0.2) is 29.4 Å². The van der Waals surface area contributed by atoms with Gasteiger partial charge in [0.25, 0.3) is 0 Å². The Balaban J connectivity index is 2.87. The molecule has 0 heterocycles. The van der Waals surface area contributed by atoms with Gasteiger partial charge >= 0.3 is 6.03 Å². The summed E-state index contributed by atoms with van der Waals surface area (Å²) < 4.78 is 0. The molecule has 0 saturated carbocycles. The second kappa shape index (κ2) is 5.64. The number of urea groups is 1. The van der Waals surface area contributed by atoms with Crippen LogP contribution >= 0.6 is 0 Å². The highest BCUT2D eigenvalue weighted by molar-refractivity contribution is 6.00. The van der Waals surface area contributed by atoms with Gasteiger partial charge in [-0.3, -0.25) is 4.79 Å². The Morgan fingerprint density at radius 1 is 1.29 bits per heavy atom. The fraction of sp³-hybridized carbons (Fsp3) is 0.182. The molecule has 0 aliphatic carbocycles. The van der Waals surface area contributed by atoms with E-state index in [9.17, 15) is 9.59 Å². The first-order chi connectivity index (χ1) is 7.99. The van der Waals surface area contributed by atoms with Gasteiger partial charge in [0.15, 0.2) is 0 Å². The van der Waals surface area contributed by atoms with E-state index < -0.39 is 6.03 Å². The van der Waals surface area contributed by atoms with Gasteiger partial charge < -0.3 is 11.1 Å². The molecule has 1 aromatic carbocycles. The molecule has 6 heteroatoms. The first kappa shape index (κ1) is 12.7. The predicted molar refractivity (Wildman–Crippen MR) is 65.7 cm³/mol. The van der Waals surface area contributed by atoms with Crippen molar-refractivity contribution < 1.29 is 9.59 Å². The van der Waals surface area contributed by atoms with E-state index >= 15 is 0 Å². The minimum Gasteiger partial charge on any atom is -0.350 e. The molecule has 6 nitrogen and oxygen atoms in total. The number of carbonyl (C=O) groups excluding carboxylic acids is 2. The fourth-order valence-electron chi connectivity index (χ4n) is 1.23. The van der Waals surface area contributed by atoms with Crippen LogP contribution in [0.5, 0.6) is 0 Å². The molecule has 0 spiro atoms. The van der Waals surface area contributed by atoms with Gasteiger partial charge in [-0.25, -0.2) is 10.2 Å². The highest BCUT2D eigenvalue weighted by atomic mass is 16.2. The zero-order chi connectivity index (χ0) is 12.8. The monoisotopic (exact) mass is 234 g/mol. The predicted octanol–water partition coefficient (Wildman–Crippen LogP) is 1.04. The van der Waals surface area contributed by atoms with E-state index in [0.29, 0.717) is 11.4 Å². The van der Waals surface area contributed by atoms with Gasteiger partial charge in [0.05, 0.1) is 5.71 Å². The first-order valence-electron chi connectivity index (χ1n) is 4.97. The van der Waals surface area contributed by atoms with Gasteiger partial charge in [-0.15, -0.1) is 0 Å². The molecule has 90 valence electrons. The van der Waals surface area contributed by atoms with Gasteiger partial charge in [-0.2, -0.15) is 5.10 Å². The topological polar surface area (TPSA) is 96.6 Å². The maximum Gasteiger partial charge on any atom is 0.332 e. The number of nitrogens with two attached hydrogens (primary N) is 1. The van der Waals surface area contributed by atoms with E-state index in [1.54, 1.807) is 25.1 Å². The van der Waals surface area contributed by atoms with Crippen LogP contribution in [-0.2, 0) is 4.79 Å². The number of nitrogens with one attached hydrogen (secondary N) is 2. The van der Waals surface area contributed by atoms with Crippen molar-refractivity contribution in [1.82, 2.24) is 5.43 Å². The van der Waals surface area contributed by atoms with Crippen LogP contribution in [0.4, 0.5) is 10.5 Å². The molecule has 4 N–H and O–H groups in total. The Labute approximate surface area is 98.9 Å². The maximum atomic E-state index is 10.9. The summed E-state index contributed by atoms with van der Waals surface area (Å²) in [7, 11) is 0. The van der Waals surface area contributed by atoms with Crippen molar-refractivity contribution in [2.75, 3.05) is 5.32 Å². The summed E-state index contributed by atoms with van der Waals surface area (Å²) in [5.41, 5.74) is 9.09. The Kier molecular flexibility index (Phi) is 4.21. The van der Waals surface area contributed by atoms with Gasteiger partial charge in [0.1, 0.15) is 0 Å². The van der Waals surface area contributed by atoms with Crippen LogP contribution in [0.2, 0.25) is 0 Å². The largest absolute Gasteiger partial charge is 0.350 e. The lowest BCUT2D eigenvalue weighted by atomic mass is 10.1. The molecule has 0 aliphatic rings. The number of primary amides is 1. The van der Waals surface area contributed by atoms with Crippen molar-refractivity contribution in [3.8, 4) is 0 Å². The molecule has 0 atom stereocenters. The van der Waals surface area contributed by atoms with E-state index in [4.69, 9.17) is 5.73 Å². The number of rotatable bonds is 3. The first-order valence-corrected chi connectivity index (χ1v) is 4.97. The Hall–Kier alpha value is -2.37. The third-order valence-electron chi connectivity index (χ3n) is 1.93. The lowest BCUT2D eigenvalue weighted by Crippen LogP contribution is -2.25. The second-order valence-electron chi connectivity index (χ2n) is 3.44. The van der Waals surface area contributed by atoms with E-state index in [2.05, 4.69) is 15.8 Å². The Morgan fingerprint density at radius 3 is 2.59 bits per heavy atom. The summed E-state index contributed by atoms with van der Waals surface area (Å²) in [6.45, 7) is 3.16. The maximum absolute atomic E-state index is 10.9. The molecule has 0 saturated heterocycles. The average Bonchev–Trinajstić information content (AvgIpc) is 2.25. The van der Waals surface area contributed by atoms with Crippen LogP contribution in [0.3, 0.4) is 0 Å². The molecule has 0 fully saturated rings. The molecule has 0 aliphatic heterocycles. The van der Waals surface area contributed by atoms with Crippen molar-refractivity contribution in [1.29, 1.82) is 0 Å². The van der Waals surface area contributed by atoms with Gasteiger partial charge in [-0.05, 0) is 24.6 Å². The number of hydrogen-bond donors (Lipinski definition) is 3. The summed E-state index contributed by atoms with van der Waals surface area (Å²) in [5, 5.41) is 6.45. The smallest absolute Gasteiger partial charge is 0.332 e. The van der Waals surface area contributed by atoms with Gasteiger partial charge in [-0.1, -0.05) is 12.1 Å². The van der Waals surface area contributed by atoms with E-state index in [1.807, 2.05) is 6.07 Å². The van der Waals surface area contributed by atoms with E-state index in [1.165, 1.54) is 6.92 Å². The number of nitrogens with zero attached hydrogens (tertiary/aromatic N) is 1. The SMILES string of the molecule is CC(=O)Nc1cccc(/C(C)=N\NC(N)=O)c1. The molecular formula is C11H14N4O2. The third kappa shape index (κ3) is 4.33. The number of amides is 3. The Bertz CT molecular complexity index is 468. The van der Waals surface area contributed by atoms with Crippen LogP contribution in [-0.4, -0.2) is 17.6 Å². The van der Waals surface area contributed by atoms with Crippen LogP contribution in [0.25, 0.3) is 0 Å². The van der Waals surface area contributed by atoms with Crippen molar-refractivity contribution in [2.45, 2.75) is 13.8 Å². The summed E-state index contributed by atoms with van der Waals surface area (Å²) in [6, 6.07) is 6.39. The summed E-state index contributed by atoms with van der Waals surface area (Å²) in [6.07, 6.45) is 0. The molecular weight excluding hydrogens is 220 g/mol. The van der Waals surface area contributed by atoms with Gasteiger partial charge in [0.2, 0.25) is 5.91 Å². The quantitative estimate of drug-likeness (QED) is 0.538. The van der Waals surface area contributed by atoms with Crippen molar-refractivity contribution in [3.05, 3.63) is 29.8 Å². The normalized spacial score (nSPS) is 10.8. The Morgan fingerprint density at radius 2 is 2.00 bits per heavy atom. The molecule has 1 aromatic rings. The van der Waals surface area contributed by atoms with E-state index in [0.717, 1.165) is 5.56 Å². The molecule has 17 heavy (non-hydrogen) atoms. The second-order valence-corrected chi connectivity index (χ2v) is 3.44. The minimum absolute atomic E-state index is 0.146. The number of carbonyl (C=O) groups is 2. The number of benzene rings is 1. The zero-order valence-corrected chi connectivity index (χ0v) is 9.65. The molecule has 0 radical (unpaired) electrons. The molecule has 0 bridgehead atoms. The van der Waals surface area contributed by atoms with Crippen molar-refractivity contribution in [2.24, 2.45) is 10.8 Å². The van der Waals surface area contributed by atoms with Crippen LogP contribution < -0.4 is 16.5 Å². The summed E-state index contributed by atoms with van der Waals surface area (Å²) in [4.78, 5) is 21.4. The molecule has 0 unspecified atom stereocenters. The number of hydrazone groups is 1. The molecule has 3 amide bonds. The lowest BCUT2D eigenvalue weighted by Gasteiger charge is -2.05. The van der Waals surface area contributed by atoms with Crippen LogP contribution in [0, 0.1) is 0 Å². The summed E-state index contributed by atoms with van der Waals surface area (Å²) in [5.74, 6) is -0.146. The van der Waals surface area contributed by atoms with Crippen molar-refractivity contribution in [3.63, 3.8) is 0 Å². The molecule has 1 rings (SSSR count). The van der Waals surface area contributed by atoms with Gasteiger partial charge in [0, 0.05) is 12.6 Å². The fourth-order valence-corrected chi connectivity index (χ4v) is 1.23. The highest BCUT2D eigenvalue weighted by Gasteiger charge is 2.01. The standard InChI is InChI=1S/C11H14N4O2/c1-7(14-15-11(12)17)9-4-3-5-10(6-9)13-8(2)16/h3-6H,1-2H3,(H,13,16)(H3,12,15,17)/b14-7-. The number of anilines is 1. The summed E-state index contributed by atoms with van der Waals surface area (Å²) >= 11 is 0. The van der Waals surface area contributed by atoms with Crippen molar-refractivity contribution >= 4 is 23.3 Å². The molecule has 0 aromatic heterocycles.